The fourth-order valence-electron chi connectivity index (χ4n) is 2.75. The molecule has 112 valence electrons. The number of hydrogen-bond donors (Lipinski definition) is 2. The number of carbonyl (C=O) groups is 1. The van der Waals surface area contributed by atoms with Crippen LogP contribution in [0.4, 0.5) is 4.39 Å². The first-order valence-corrected chi connectivity index (χ1v) is 6.71. The van der Waals surface area contributed by atoms with Gasteiger partial charge in [-0.15, -0.1) is 0 Å². The van der Waals surface area contributed by atoms with E-state index in [9.17, 15) is 14.3 Å². The first-order chi connectivity index (χ1) is 10.1. The second-order valence-corrected chi connectivity index (χ2v) is 5.18. The summed E-state index contributed by atoms with van der Waals surface area (Å²) in [7, 11) is 1.32. The van der Waals surface area contributed by atoms with Crippen LogP contribution in [0, 0.1) is 5.82 Å². The molecule has 0 aliphatic carbocycles. The molecule has 0 saturated carbocycles. The van der Waals surface area contributed by atoms with Crippen molar-refractivity contribution in [3.63, 3.8) is 0 Å². The molecule has 1 aliphatic rings. The lowest BCUT2D eigenvalue weighted by molar-refractivity contribution is -0.146. The van der Waals surface area contributed by atoms with Crippen LogP contribution < -0.4 is 0 Å². The average Bonchev–Trinajstić information content (AvgIpc) is 3.02. The number of nitrogens with zero attached hydrogens (tertiary/aromatic N) is 2. The van der Waals surface area contributed by atoms with Crippen molar-refractivity contribution in [3.8, 4) is 0 Å². The van der Waals surface area contributed by atoms with Gasteiger partial charge in [-0.1, -0.05) is 6.07 Å². The van der Waals surface area contributed by atoms with Crippen LogP contribution in [0.2, 0.25) is 0 Å². The quantitative estimate of drug-likeness (QED) is 0.819. The molecule has 3 rings (SSSR count). The van der Waals surface area contributed by atoms with Gasteiger partial charge in [0, 0.05) is 13.0 Å². The minimum absolute atomic E-state index is 0.280. The number of β-amino-alcohol motifs (C(OH)–C–C–N with tert-alkyl or cyclic N) is 1. The van der Waals surface area contributed by atoms with E-state index >= 15 is 0 Å². The molecule has 1 aromatic heterocycles. The number of H-pyrrole nitrogens is 1. The Morgan fingerprint density at radius 3 is 3.14 bits per heavy atom. The number of aliphatic hydroxyl groups excluding tert-OH is 1. The molecule has 2 atom stereocenters. The van der Waals surface area contributed by atoms with Crippen molar-refractivity contribution in [2.24, 2.45) is 0 Å². The molecular weight excluding hydrogens is 277 g/mol. The number of rotatable bonds is 3. The van der Waals surface area contributed by atoms with Gasteiger partial charge in [0.05, 0.1) is 25.3 Å². The molecule has 2 N–H and O–H groups in total. The van der Waals surface area contributed by atoms with Crippen LogP contribution in [-0.2, 0) is 16.1 Å². The molecule has 2 aromatic rings. The van der Waals surface area contributed by atoms with Crippen LogP contribution in [0.3, 0.4) is 0 Å². The lowest BCUT2D eigenvalue weighted by atomic mass is 10.2. The number of carbonyl (C=O) groups excluding carboxylic acids is 1. The fraction of sp³-hybridized carbons (Fsp3) is 0.429. The lowest BCUT2D eigenvalue weighted by Gasteiger charge is -2.20. The van der Waals surface area contributed by atoms with E-state index in [1.807, 2.05) is 0 Å². The number of aromatic amines is 1. The van der Waals surface area contributed by atoms with Gasteiger partial charge in [-0.3, -0.25) is 9.69 Å². The third-order valence-corrected chi connectivity index (χ3v) is 3.72. The Hall–Kier alpha value is -1.99. The number of nitrogens with one attached hydrogen (secondary N) is 1. The summed E-state index contributed by atoms with van der Waals surface area (Å²) in [5, 5.41) is 9.74. The number of esters is 1. The summed E-state index contributed by atoms with van der Waals surface area (Å²) in [4.78, 5) is 20.7. The summed E-state index contributed by atoms with van der Waals surface area (Å²) in [5.41, 5.74) is 0.890. The minimum atomic E-state index is -0.574. The van der Waals surface area contributed by atoms with Crippen LogP contribution in [0.25, 0.3) is 11.0 Å². The van der Waals surface area contributed by atoms with Crippen molar-refractivity contribution in [1.82, 2.24) is 14.9 Å². The van der Waals surface area contributed by atoms with Gasteiger partial charge in [0.1, 0.15) is 17.4 Å². The Morgan fingerprint density at radius 2 is 2.43 bits per heavy atom. The number of methoxy groups -OCH3 is 1. The third-order valence-electron chi connectivity index (χ3n) is 3.72. The van der Waals surface area contributed by atoms with Crippen LogP contribution >= 0.6 is 0 Å². The van der Waals surface area contributed by atoms with Gasteiger partial charge < -0.3 is 14.8 Å². The van der Waals surface area contributed by atoms with E-state index in [2.05, 4.69) is 9.97 Å². The largest absolute Gasteiger partial charge is 0.468 e. The van der Waals surface area contributed by atoms with E-state index in [1.54, 1.807) is 17.0 Å². The normalized spacial score (nSPS) is 22.8. The van der Waals surface area contributed by atoms with E-state index in [4.69, 9.17) is 4.74 Å². The summed E-state index contributed by atoms with van der Waals surface area (Å²) in [6.07, 6.45) is -0.239. The van der Waals surface area contributed by atoms with Gasteiger partial charge in [0.2, 0.25) is 0 Å². The van der Waals surface area contributed by atoms with Crippen molar-refractivity contribution < 1.29 is 19.0 Å². The molecule has 0 spiro atoms. The second kappa shape index (κ2) is 5.42. The number of fused-ring (bicyclic) bond motifs is 1. The lowest BCUT2D eigenvalue weighted by Crippen LogP contribution is -2.36. The first-order valence-electron chi connectivity index (χ1n) is 6.71. The number of ether oxygens (including phenoxy) is 1. The van der Waals surface area contributed by atoms with Crippen molar-refractivity contribution in [3.05, 3.63) is 29.8 Å². The molecule has 0 unspecified atom stereocenters. The van der Waals surface area contributed by atoms with E-state index in [0.717, 1.165) is 0 Å². The first kappa shape index (κ1) is 14.0. The summed E-state index contributed by atoms with van der Waals surface area (Å²) in [6.45, 7) is 0.685. The predicted molar refractivity (Wildman–Crippen MR) is 72.9 cm³/mol. The number of hydrogen-bond acceptors (Lipinski definition) is 5. The van der Waals surface area contributed by atoms with Crippen LogP contribution in [0.15, 0.2) is 18.2 Å². The van der Waals surface area contributed by atoms with Gasteiger partial charge in [-0.25, -0.2) is 9.37 Å². The number of aliphatic hydroxyl groups is 1. The zero-order chi connectivity index (χ0) is 15.0. The number of likely N-dealkylation sites (tertiary alicyclic amines) is 1. The maximum absolute atomic E-state index is 13.6. The molecule has 1 fully saturated rings. The van der Waals surface area contributed by atoms with E-state index < -0.39 is 12.1 Å². The van der Waals surface area contributed by atoms with Gasteiger partial charge in [-0.05, 0) is 12.1 Å². The Kier molecular flexibility index (Phi) is 3.60. The third kappa shape index (κ3) is 2.62. The maximum Gasteiger partial charge on any atom is 0.323 e. The number of halogens is 1. The molecular formula is C14H16FN3O3. The topological polar surface area (TPSA) is 78.5 Å². The highest BCUT2D eigenvalue weighted by Crippen LogP contribution is 2.22. The molecule has 6 nitrogen and oxygen atoms in total. The SMILES string of the molecule is COC(=O)[C@H]1C[C@@H](O)CN1Cc1nc2c(F)cccc2[nH]1. The van der Waals surface area contributed by atoms with E-state index in [1.165, 1.54) is 13.2 Å². The van der Waals surface area contributed by atoms with Crippen molar-refractivity contribution in [2.75, 3.05) is 13.7 Å². The van der Waals surface area contributed by atoms with Gasteiger partial charge in [0.25, 0.3) is 0 Å². The Labute approximate surface area is 120 Å². The highest BCUT2D eigenvalue weighted by Gasteiger charge is 2.37. The fourth-order valence-corrected chi connectivity index (χ4v) is 2.75. The monoisotopic (exact) mass is 293 g/mol. The molecule has 7 heteroatoms. The molecule has 1 aliphatic heterocycles. The standard InChI is InChI=1S/C14H16FN3O3/c1-21-14(20)11-5-8(19)6-18(11)7-12-16-10-4-2-3-9(15)13(10)17-12/h2-4,8,11,19H,5-7H2,1H3,(H,16,17)/t8-,11-/m1/s1. The van der Waals surface area contributed by atoms with Crippen LogP contribution in [0.5, 0.6) is 0 Å². The summed E-state index contributed by atoms with van der Waals surface area (Å²) < 4.78 is 18.4. The second-order valence-electron chi connectivity index (χ2n) is 5.18. The molecule has 2 heterocycles. The van der Waals surface area contributed by atoms with Crippen molar-refractivity contribution in [1.29, 1.82) is 0 Å². The number of benzene rings is 1. The molecule has 0 bridgehead atoms. The highest BCUT2D eigenvalue weighted by molar-refractivity contribution is 5.76. The Bertz CT molecular complexity index is 673. The van der Waals surface area contributed by atoms with Crippen molar-refractivity contribution >= 4 is 17.0 Å². The maximum atomic E-state index is 13.6. The number of aromatic nitrogens is 2. The van der Waals surface area contributed by atoms with Gasteiger partial charge in [0.15, 0.2) is 5.82 Å². The molecule has 21 heavy (non-hydrogen) atoms. The summed E-state index contributed by atoms with van der Waals surface area (Å²) in [6, 6.07) is 4.20. The van der Waals surface area contributed by atoms with E-state index in [0.29, 0.717) is 30.9 Å². The van der Waals surface area contributed by atoms with Crippen LogP contribution in [0.1, 0.15) is 12.2 Å². The molecule has 0 radical (unpaired) electrons. The summed E-state index contributed by atoms with van der Waals surface area (Å²) in [5.74, 6) is -0.215. The predicted octanol–water partition coefficient (Wildman–Crippen LogP) is 0.810. The van der Waals surface area contributed by atoms with E-state index in [-0.39, 0.29) is 17.3 Å². The van der Waals surface area contributed by atoms with Gasteiger partial charge in [-0.2, -0.15) is 0 Å². The average molecular weight is 293 g/mol. The highest BCUT2D eigenvalue weighted by atomic mass is 19.1. The van der Waals surface area contributed by atoms with Crippen molar-refractivity contribution in [2.45, 2.75) is 25.1 Å². The zero-order valence-electron chi connectivity index (χ0n) is 11.5. The Balaban J connectivity index is 1.83. The molecule has 0 amide bonds. The Morgan fingerprint density at radius 1 is 1.62 bits per heavy atom. The van der Waals surface area contributed by atoms with Crippen LogP contribution in [-0.4, -0.2) is 51.7 Å². The summed E-state index contributed by atoms with van der Waals surface area (Å²) >= 11 is 0. The molecule has 1 saturated heterocycles. The number of para-hydroxylation sites is 1. The van der Waals surface area contributed by atoms with Gasteiger partial charge >= 0.3 is 5.97 Å². The minimum Gasteiger partial charge on any atom is -0.468 e. The number of imidazole rings is 1. The zero-order valence-corrected chi connectivity index (χ0v) is 11.5. The molecule has 1 aromatic carbocycles. The smallest absolute Gasteiger partial charge is 0.323 e.